The van der Waals surface area contributed by atoms with E-state index in [-0.39, 0.29) is 6.04 Å². The Morgan fingerprint density at radius 1 is 1.18 bits per heavy atom. The molecule has 1 aliphatic rings. The Morgan fingerprint density at radius 3 is 2.47 bits per heavy atom. The minimum absolute atomic E-state index is 0.168. The molecule has 1 atom stereocenters. The van der Waals surface area contributed by atoms with Gasteiger partial charge in [0.05, 0.1) is 0 Å². The summed E-state index contributed by atoms with van der Waals surface area (Å²) in [6, 6.07) is 8.91. The van der Waals surface area contributed by atoms with E-state index < -0.39 is 0 Å². The second-order valence-electron chi connectivity index (χ2n) is 5.42. The third kappa shape index (κ3) is 2.88. The van der Waals surface area contributed by atoms with E-state index in [0.717, 1.165) is 13.1 Å². The van der Waals surface area contributed by atoms with Crippen molar-refractivity contribution in [3.8, 4) is 0 Å². The van der Waals surface area contributed by atoms with Gasteiger partial charge in [0.2, 0.25) is 0 Å². The van der Waals surface area contributed by atoms with Gasteiger partial charge in [0, 0.05) is 6.04 Å². The van der Waals surface area contributed by atoms with Crippen molar-refractivity contribution in [2.45, 2.75) is 38.6 Å². The van der Waals surface area contributed by atoms with E-state index in [4.69, 9.17) is 5.73 Å². The molecule has 0 aliphatic carbocycles. The lowest BCUT2D eigenvalue weighted by molar-refractivity contribution is 0.447. The summed E-state index contributed by atoms with van der Waals surface area (Å²) in [6.07, 6.45) is 2.48. The molecule has 1 saturated heterocycles. The smallest absolute Gasteiger partial charge is 0.0321 e. The van der Waals surface area contributed by atoms with Crippen molar-refractivity contribution in [3.05, 3.63) is 35.4 Å². The van der Waals surface area contributed by atoms with Crippen LogP contribution in [0.2, 0.25) is 0 Å². The first-order chi connectivity index (χ1) is 8.20. The first kappa shape index (κ1) is 12.6. The number of piperidine rings is 1. The topological polar surface area (TPSA) is 38.0 Å². The Hall–Kier alpha value is -0.860. The molecule has 2 heteroatoms. The van der Waals surface area contributed by atoms with E-state index in [0.29, 0.717) is 11.8 Å². The Morgan fingerprint density at radius 2 is 1.82 bits per heavy atom. The summed E-state index contributed by atoms with van der Waals surface area (Å²) in [5.41, 5.74) is 9.17. The molecule has 0 aromatic heterocycles. The van der Waals surface area contributed by atoms with Gasteiger partial charge >= 0.3 is 0 Å². The summed E-state index contributed by atoms with van der Waals surface area (Å²) in [5.74, 6) is 1.19. The molecular weight excluding hydrogens is 208 g/mol. The molecule has 17 heavy (non-hydrogen) atoms. The number of hydrogen-bond donors (Lipinski definition) is 2. The standard InChI is InChI=1S/C15H24N2/c1-11(2)15(16)14-6-4-3-5-13(14)12-7-9-17-10-8-12/h3-6,11-12,15,17H,7-10,16H2,1-2H3/t15-/m1/s1. The second kappa shape index (κ2) is 5.65. The van der Waals surface area contributed by atoms with E-state index in [2.05, 4.69) is 43.4 Å². The largest absolute Gasteiger partial charge is 0.324 e. The number of nitrogens with two attached hydrogens (primary N) is 1. The molecule has 1 aromatic rings. The van der Waals surface area contributed by atoms with Crippen LogP contribution in [0.5, 0.6) is 0 Å². The highest BCUT2D eigenvalue weighted by atomic mass is 14.9. The van der Waals surface area contributed by atoms with Crippen molar-refractivity contribution in [1.29, 1.82) is 0 Å². The molecule has 0 bridgehead atoms. The summed E-state index contributed by atoms with van der Waals surface area (Å²) in [5, 5.41) is 3.42. The molecule has 1 aromatic carbocycles. The van der Waals surface area contributed by atoms with Crippen molar-refractivity contribution < 1.29 is 0 Å². The quantitative estimate of drug-likeness (QED) is 0.841. The summed E-state index contributed by atoms with van der Waals surface area (Å²) >= 11 is 0. The van der Waals surface area contributed by atoms with Crippen LogP contribution in [-0.2, 0) is 0 Å². The first-order valence-electron chi connectivity index (χ1n) is 6.75. The van der Waals surface area contributed by atoms with Crippen LogP contribution in [0, 0.1) is 5.92 Å². The molecular formula is C15H24N2. The van der Waals surface area contributed by atoms with Crippen molar-refractivity contribution in [3.63, 3.8) is 0 Å². The van der Waals surface area contributed by atoms with Crippen LogP contribution < -0.4 is 11.1 Å². The third-order valence-electron chi connectivity index (χ3n) is 3.85. The predicted octanol–water partition coefficient (Wildman–Crippen LogP) is 2.81. The van der Waals surface area contributed by atoms with Crippen LogP contribution in [-0.4, -0.2) is 13.1 Å². The van der Waals surface area contributed by atoms with Gasteiger partial charge in [-0.15, -0.1) is 0 Å². The van der Waals surface area contributed by atoms with Gasteiger partial charge in [-0.1, -0.05) is 38.1 Å². The zero-order valence-corrected chi connectivity index (χ0v) is 10.9. The number of benzene rings is 1. The molecule has 0 unspecified atom stereocenters. The summed E-state index contributed by atoms with van der Waals surface area (Å²) in [6.45, 7) is 6.67. The van der Waals surface area contributed by atoms with Crippen LogP contribution in [0.25, 0.3) is 0 Å². The molecule has 2 nitrogen and oxygen atoms in total. The normalized spacial score (nSPS) is 19.5. The molecule has 94 valence electrons. The number of nitrogens with one attached hydrogen (secondary N) is 1. The van der Waals surface area contributed by atoms with E-state index in [1.807, 2.05) is 0 Å². The van der Waals surface area contributed by atoms with E-state index in [9.17, 15) is 0 Å². The zero-order valence-electron chi connectivity index (χ0n) is 10.9. The summed E-state index contributed by atoms with van der Waals surface area (Å²) in [4.78, 5) is 0. The SMILES string of the molecule is CC(C)[C@@H](N)c1ccccc1C1CCNCC1. The maximum atomic E-state index is 6.33. The first-order valence-corrected chi connectivity index (χ1v) is 6.75. The molecule has 0 amide bonds. The average molecular weight is 232 g/mol. The molecule has 1 aliphatic heterocycles. The minimum atomic E-state index is 0.168. The maximum absolute atomic E-state index is 6.33. The van der Waals surface area contributed by atoms with Crippen molar-refractivity contribution >= 4 is 0 Å². The number of rotatable bonds is 3. The lowest BCUT2D eigenvalue weighted by Gasteiger charge is -2.28. The highest BCUT2D eigenvalue weighted by molar-refractivity contribution is 5.33. The predicted molar refractivity (Wildman–Crippen MR) is 73.1 cm³/mol. The fraction of sp³-hybridized carbons (Fsp3) is 0.600. The molecule has 3 N–H and O–H groups in total. The fourth-order valence-corrected chi connectivity index (χ4v) is 2.68. The lowest BCUT2D eigenvalue weighted by Crippen LogP contribution is -2.28. The van der Waals surface area contributed by atoms with Crippen LogP contribution in [0.3, 0.4) is 0 Å². The summed E-state index contributed by atoms with van der Waals surface area (Å²) in [7, 11) is 0. The zero-order chi connectivity index (χ0) is 12.3. The molecule has 0 radical (unpaired) electrons. The highest BCUT2D eigenvalue weighted by Gasteiger charge is 2.21. The minimum Gasteiger partial charge on any atom is -0.324 e. The van der Waals surface area contributed by atoms with Gasteiger partial charge in [-0.3, -0.25) is 0 Å². The Kier molecular flexibility index (Phi) is 4.19. The van der Waals surface area contributed by atoms with Gasteiger partial charge in [0.15, 0.2) is 0 Å². The van der Waals surface area contributed by atoms with E-state index >= 15 is 0 Å². The van der Waals surface area contributed by atoms with E-state index in [1.165, 1.54) is 24.0 Å². The van der Waals surface area contributed by atoms with Crippen molar-refractivity contribution in [1.82, 2.24) is 5.32 Å². The monoisotopic (exact) mass is 232 g/mol. The van der Waals surface area contributed by atoms with Gasteiger partial charge in [0.1, 0.15) is 0 Å². The van der Waals surface area contributed by atoms with Gasteiger partial charge in [0.25, 0.3) is 0 Å². The molecule has 0 spiro atoms. The van der Waals surface area contributed by atoms with Crippen LogP contribution in [0.1, 0.15) is 49.8 Å². The Labute approximate surface area is 105 Å². The lowest BCUT2D eigenvalue weighted by atomic mass is 9.83. The fourth-order valence-electron chi connectivity index (χ4n) is 2.68. The van der Waals surface area contributed by atoms with Crippen LogP contribution in [0.15, 0.2) is 24.3 Å². The van der Waals surface area contributed by atoms with Gasteiger partial charge in [-0.05, 0) is 48.9 Å². The molecule has 2 rings (SSSR count). The Bertz CT molecular complexity index is 354. The molecule has 1 fully saturated rings. The van der Waals surface area contributed by atoms with Gasteiger partial charge in [-0.25, -0.2) is 0 Å². The average Bonchev–Trinajstić information content (AvgIpc) is 2.39. The van der Waals surface area contributed by atoms with Gasteiger partial charge in [-0.2, -0.15) is 0 Å². The van der Waals surface area contributed by atoms with Gasteiger partial charge < -0.3 is 11.1 Å². The van der Waals surface area contributed by atoms with Crippen LogP contribution in [0.4, 0.5) is 0 Å². The highest BCUT2D eigenvalue weighted by Crippen LogP contribution is 2.32. The molecule has 0 saturated carbocycles. The summed E-state index contributed by atoms with van der Waals surface area (Å²) < 4.78 is 0. The molecule has 1 heterocycles. The number of hydrogen-bond acceptors (Lipinski definition) is 2. The Balaban J connectivity index is 2.26. The van der Waals surface area contributed by atoms with Crippen molar-refractivity contribution in [2.24, 2.45) is 11.7 Å². The van der Waals surface area contributed by atoms with Crippen molar-refractivity contribution in [2.75, 3.05) is 13.1 Å². The maximum Gasteiger partial charge on any atom is 0.0321 e. The van der Waals surface area contributed by atoms with E-state index in [1.54, 1.807) is 0 Å². The third-order valence-corrected chi connectivity index (χ3v) is 3.85. The van der Waals surface area contributed by atoms with Crippen LogP contribution >= 0.6 is 0 Å². The second-order valence-corrected chi connectivity index (χ2v) is 5.42.